The Labute approximate surface area is 128 Å². The Balaban J connectivity index is 2.25. The van der Waals surface area contributed by atoms with Gasteiger partial charge in [0.1, 0.15) is 12.0 Å². The van der Waals surface area contributed by atoms with E-state index in [0.29, 0.717) is 12.5 Å². The van der Waals surface area contributed by atoms with Crippen LogP contribution in [0.15, 0.2) is 43.0 Å². The first-order valence-corrected chi connectivity index (χ1v) is 7.17. The SMILES string of the molecule is CC(C)c1cccc2cc(C(=O)O)n(Cc3cncnc3)c12. The van der Waals surface area contributed by atoms with Gasteiger partial charge >= 0.3 is 5.97 Å². The quantitative estimate of drug-likeness (QED) is 0.802. The molecule has 1 N–H and O–H groups in total. The van der Waals surface area contributed by atoms with Crippen molar-refractivity contribution in [1.82, 2.24) is 14.5 Å². The molecular weight excluding hydrogens is 278 g/mol. The lowest BCUT2D eigenvalue weighted by atomic mass is 10.0. The largest absolute Gasteiger partial charge is 0.477 e. The molecule has 5 nitrogen and oxygen atoms in total. The van der Waals surface area contributed by atoms with Gasteiger partial charge in [0.25, 0.3) is 0 Å². The van der Waals surface area contributed by atoms with E-state index in [1.165, 1.54) is 6.33 Å². The van der Waals surface area contributed by atoms with E-state index in [0.717, 1.165) is 22.0 Å². The van der Waals surface area contributed by atoms with Gasteiger partial charge in [-0.2, -0.15) is 0 Å². The summed E-state index contributed by atoms with van der Waals surface area (Å²) in [6.45, 7) is 4.66. The van der Waals surface area contributed by atoms with Crippen molar-refractivity contribution in [3.05, 3.63) is 59.8 Å². The number of aromatic nitrogens is 3. The van der Waals surface area contributed by atoms with Crippen molar-refractivity contribution in [1.29, 1.82) is 0 Å². The molecule has 0 radical (unpaired) electrons. The first-order chi connectivity index (χ1) is 10.6. The monoisotopic (exact) mass is 295 g/mol. The number of carboxylic acids is 1. The van der Waals surface area contributed by atoms with Crippen LogP contribution in [0.4, 0.5) is 0 Å². The minimum absolute atomic E-state index is 0.284. The van der Waals surface area contributed by atoms with Crippen molar-refractivity contribution in [3.63, 3.8) is 0 Å². The average Bonchev–Trinajstić information content (AvgIpc) is 2.87. The summed E-state index contributed by atoms with van der Waals surface area (Å²) in [5.41, 5.74) is 3.27. The van der Waals surface area contributed by atoms with Crippen molar-refractivity contribution in [2.45, 2.75) is 26.3 Å². The van der Waals surface area contributed by atoms with Gasteiger partial charge in [0.05, 0.1) is 12.1 Å². The van der Waals surface area contributed by atoms with E-state index in [9.17, 15) is 9.90 Å². The molecule has 0 bridgehead atoms. The normalized spacial score (nSPS) is 11.2. The zero-order chi connectivity index (χ0) is 15.7. The molecule has 1 aromatic carbocycles. The van der Waals surface area contributed by atoms with Gasteiger partial charge in [0, 0.05) is 23.3 Å². The number of para-hydroxylation sites is 1. The van der Waals surface area contributed by atoms with Crippen LogP contribution in [-0.4, -0.2) is 25.6 Å². The minimum atomic E-state index is -0.928. The maximum atomic E-state index is 11.6. The zero-order valence-electron chi connectivity index (χ0n) is 12.5. The molecule has 0 amide bonds. The van der Waals surface area contributed by atoms with Crippen LogP contribution in [0.25, 0.3) is 10.9 Å². The van der Waals surface area contributed by atoms with Crippen molar-refractivity contribution >= 4 is 16.9 Å². The van der Waals surface area contributed by atoms with Crippen LogP contribution < -0.4 is 0 Å². The number of hydrogen-bond acceptors (Lipinski definition) is 3. The molecule has 3 rings (SSSR count). The predicted octanol–water partition coefficient (Wildman–Crippen LogP) is 3.30. The third-order valence-electron chi connectivity index (χ3n) is 3.75. The highest BCUT2D eigenvalue weighted by molar-refractivity contribution is 5.96. The number of carboxylic acid groups (broad SMARTS) is 1. The smallest absolute Gasteiger partial charge is 0.352 e. The van der Waals surface area contributed by atoms with Gasteiger partial charge in [0.2, 0.25) is 0 Å². The highest BCUT2D eigenvalue weighted by atomic mass is 16.4. The zero-order valence-corrected chi connectivity index (χ0v) is 12.5. The average molecular weight is 295 g/mol. The molecule has 0 aliphatic carbocycles. The molecule has 0 saturated carbocycles. The lowest BCUT2D eigenvalue weighted by Gasteiger charge is -2.13. The minimum Gasteiger partial charge on any atom is -0.477 e. The Morgan fingerprint density at radius 2 is 2.00 bits per heavy atom. The first kappa shape index (κ1) is 14.3. The first-order valence-electron chi connectivity index (χ1n) is 7.17. The number of nitrogens with zero attached hydrogens (tertiary/aromatic N) is 3. The Kier molecular flexibility index (Phi) is 3.63. The van der Waals surface area contributed by atoms with Crippen LogP contribution in [0.1, 0.15) is 41.4 Å². The van der Waals surface area contributed by atoms with Crippen LogP contribution in [0.5, 0.6) is 0 Å². The summed E-state index contributed by atoms with van der Waals surface area (Å²) in [7, 11) is 0. The molecule has 0 fully saturated rings. The second-order valence-corrected chi connectivity index (χ2v) is 5.61. The van der Waals surface area contributed by atoms with Gasteiger partial charge in [0.15, 0.2) is 0 Å². The lowest BCUT2D eigenvalue weighted by molar-refractivity contribution is 0.0686. The summed E-state index contributed by atoms with van der Waals surface area (Å²) in [6, 6.07) is 7.70. The van der Waals surface area contributed by atoms with Crippen molar-refractivity contribution in [2.75, 3.05) is 0 Å². The number of aromatic carboxylic acids is 1. The number of hydrogen-bond donors (Lipinski definition) is 1. The van der Waals surface area contributed by atoms with E-state index in [2.05, 4.69) is 29.9 Å². The molecule has 2 aromatic heterocycles. The maximum Gasteiger partial charge on any atom is 0.352 e. The maximum absolute atomic E-state index is 11.6. The van der Waals surface area contributed by atoms with E-state index in [4.69, 9.17) is 0 Å². The van der Waals surface area contributed by atoms with E-state index >= 15 is 0 Å². The molecule has 112 valence electrons. The van der Waals surface area contributed by atoms with E-state index in [-0.39, 0.29) is 5.69 Å². The Hall–Kier alpha value is -2.69. The molecule has 22 heavy (non-hydrogen) atoms. The van der Waals surface area contributed by atoms with Crippen molar-refractivity contribution < 1.29 is 9.90 Å². The predicted molar refractivity (Wildman–Crippen MR) is 84.1 cm³/mol. The second kappa shape index (κ2) is 5.60. The molecule has 0 atom stereocenters. The third kappa shape index (κ3) is 2.45. The molecule has 2 heterocycles. The highest BCUT2D eigenvalue weighted by Crippen LogP contribution is 2.29. The highest BCUT2D eigenvalue weighted by Gasteiger charge is 2.18. The fourth-order valence-corrected chi connectivity index (χ4v) is 2.76. The molecule has 0 aliphatic rings. The molecule has 3 aromatic rings. The van der Waals surface area contributed by atoms with E-state index < -0.39 is 5.97 Å². The number of rotatable bonds is 4. The Morgan fingerprint density at radius 3 is 2.64 bits per heavy atom. The van der Waals surface area contributed by atoms with Crippen LogP contribution in [0, 0.1) is 0 Å². The van der Waals surface area contributed by atoms with Gasteiger partial charge in [-0.25, -0.2) is 14.8 Å². The molecule has 0 saturated heterocycles. The molecule has 0 spiro atoms. The second-order valence-electron chi connectivity index (χ2n) is 5.61. The number of fused-ring (bicyclic) bond motifs is 1. The Morgan fingerprint density at radius 1 is 1.27 bits per heavy atom. The number of benzene rings is 1. The lowest BCUT2D eigenvalue weighted by Crippen LogP contribution is -2.10. The van der Waals surface area contributed by atoms with Gasteiger partial charge in [-0.1, -0.05) is 32.0 Å². The molecular formula is C17H17N3O2. The fraction of sp³-hybridized carbons (Fsp3) is 0.235. The Bertz CT molecular complexity index is 823. The molecule has 5 heteroatoms. The third-order valence-corrected chi connectivity index (χ3v) is 3.75. The number of carbonyl (C=O) groups is 1. The van der Waals surface area contributed by atoms with Crippen molar-refractivity contribution in [3.8, 4) is 0 Å². The van der Waals surface area contributed by atoms with Crippen LogP contribution >= 0.6 is 0 Å². The topological polar surface area (TPSA) is 68.0 Å². The van der Waals surface area contributed by atoms with Gasteiger partial charge in [-0.15, -0.1) is 0 Å². The van der Waals surface area contributed by atoms with Crippen LogP contribution in [0.3, 0.4) is 0 Å². The van der Waals surface area contributed by atoms with Gasteiger partial charge in [-0.3, -0.25) is 0 Å². The summed E-state index contributed by atoms with van der Waals surface area (Å²) in [4.78, 5) is 19.6. The van der Waals surface area contributed by atoms with Gasteiger partial charge in [-0.05, 0) is 17.5 Å². The van der Waals surface area contributed by atoms with E-state index in [1.807, 2.05) is 16.7 Å². The fourth-order valence-electron chi connectivity index (χ4n) is 2.76. The summed E-state index contributed by atoms with van der Waals surface area (Å²) >= 11 is 0. The summed E-state index contributed by atoms with van der Waals surface area (Å²) in [6.07, 6.45) is 4.89. The van der Waals surface area contributed by atoms with Crippen molar-refractivity contribution in [2.24, 2.45) is 0 Å². The van der Waals surface area contributed by atoms with Crippen LogP contribution in [-0.2, 0) is 6.54 Å². The molecule has 0 aliphatic heterocycles. The van der Waals surface area contributed by atoms with Gasteiger partial charge < -0.3 is 9.67 Å². The summed E-state index contributed by atoms with van der Waals surface area (Å²) < 4.78 is 1.84. The van der Waals surface area contributed by atoms with Crippen LogP contribution in [0.2, 0.25) is 0 Å². The standard InChI is InChI=1S/C17H17N3O2/c1-11(2)14-5-3-4-13-6-15(17(21)22)20(16(13)14)9-12-7-18-10-19-8-12/h3-8,10-11H,9H2,1-2H3,(H,21,22). The summed E-state index contributed by atoms with van der Waals surface area (Å²) in [5, 5.41) is 10.5. The molecule has 0 unspecified atom stereocenters. The summed E-state index contributed by atoms with van der Waals surface area (Å²) in [5.74, 6) is -0.617. The van der Waals surface area contributed by atoms with E-state index in [1.54, 1.807) is 18.5 Å².